The van der Waals surface area contributed by atoms with Gasteiger partial charge in [-0.1, -0.05) is 18.2 Å². The van der Waals surface area contributed by atoms with Crippen LogP contribution in [0.5, 0.6) is 0 Å². The molecule has 7 nitrogen and oxygen atoms in total. The molecule has 4 aliphatic heterocycles. The summed E-state index contributed by atoms with van der Waals surface area (Å²) in [5.74, 6) is -2.22. The molecule has 164 valence electrons. The first kappa shape index (κ1) is 21.4. The number of aliphatic hydroxyl groups excluding tert-OH is 1. The molecule has 1 unspecified atom stereocenters. The van der Waals surface area contributed by atoms with Crippen LogP contribution in [0.4, 0.5) is 0 Å². The molecule has 0 aromatic carbocycles. The molecule has 0 aromatic rings. The summed E-state index contributed by atoms with van der Waals surface area (Å²) in [6, 6.07) is -1.32. The molecule has 8 heteroatoms. The summed E-state index contributed by atoms with van der Waals surface area (Å²) in [4.78, 5) is 44.0. The number of likely N-dealkylation sites (tertiary alicyclic amines) is 1. The Balaban J connectivity index is 1.92. The lowest BCUT2D eigenvalue weighted by molar-refractivity contribution is -0.153. The van der Waals surface area contributed by atoms with E-state index in [9.17, 15) is 19.5 Å². The molecule has 1 spiro atoms. The third-order valence-electron chi connectivity index (χ3n) is 6.80. The average molecular weight is 435 g/mol. The van der Waals surface area contributed by atoms with E-state index >= 15 is 0 Å². The van der Waals surface area contributed by atoms with Gasteiger partial charge in [0.1, 0.15) is 12.6 Å². The summed E-state index contributed by atoms with van der Waals surface area (Å²) in [5.41, 5.74) is -0.432. The molecule has 0 radical (unpaired) electrons. The zero-order valence-electron chi connectivity index (χ0n) is 18.1. The zero-order chi connectivity index (χ0) is 22.1. The van der Waals surface area contributed by atoms with Crippen molar-refractivity contribution in [2.24, 2.45) is 11.8 Å². The van der Waals surface area contributed by atoms with Gasteiger partial charge in [-0.25, -0.2) is 0 Å². The lowest BCUT2D eigenvalue weighted by Crippen LogP contribution is -2.59. The van der Waals surface area contributed by atoms with E-state index in [1.807, 2.05) is 52.0 Å². The van der Waals surface area contributed by atoms with Gasteiger partial charge < -0.3 is 19.6 Å². The molecule has 0 aliphatic carbocycles. The van der Waals surface area contributed by atoms with Gasteiger partial charge in [0, 0.05) is 16.8 Å². The second-order valence-corrected chi connectivity index (χ2v) is 11.6. The Bertz CT molecular complexity index is 849. The summed E-state index contributed by atoms with van der Waals surface area (Å²) in [6.07, 6.45) is 7.70. The number of esters is 1. The first-order chi connectivity index (χ1) is 14.0. The molecule has 6 atom stereocenters. The van der Waals surface area contributed by atoms with Gasteiger partial charge in [0.05, 0.1) is 29.2 Å². The lowest BCUT2D eigenvalue weighted by atomic mass is 9.75. The second-order valence-electron chi connectivity index (χ2n) is 9.83. The standard InChI is InChI=1S/C22H30N2O5S/c1-13(12-25)24-16-18(27)23(20(2,3)4)10-6-9-22(16)14(17(24)26)15-19(28)29-11-7-8-21(15,5)30-22/h6-9,13-16,25H,10-12H2,1-5H3/t13-,14+,15+,16?,21-,22+/m1/s1. The summed E-state index contributed by atoms with van der Waals surface area (Å²) in [7, 11) is 0. The average Bonchev–Trinajstić information content (AvgIpc) is 2.91. The van der Waals surface area contributed by atoms with Crippen molar-refractivity contribution in [3.8, 4) is 0 Å². The summed E-state index contributed by atoms with van der Waals surface area (Å²) >= 11 is 1.52. The Hall–Kier alpha value is -1.80. The molecule has 4 aliphatic rings. The minimum absolute atomic E-state index is 0.145. The third kappa shape index (κ3) is 2.79. The molecule has 4 heterocycles. The van der Waals surface area contributed by atoms with Crippen LogP contribution in [0.1, 0.15) is 34.6 Å². The normalized spacial score (nSPS) is 39.3. The van der Waals surface area contributed by atoms with Crippen molar-refractivity contribution in [3.05, 3.63) is 24.3 Å². The Labute approximate surface area is 181 Å². The van der Waals surface area contributed by atoms with Crippen LogP contribution in [-0.2, 0) is 19.1 Å². The van der Waals surface area contributed by atoms with Gasteiger partial charge in [0.25, 0.3) is 0 Å². The number of aliphatic hydroxyl groups is 1. The molecule has 2 saturated heterocycles. The van der Waals surface area contributed by atoms with Crippen molar-refractivity contribution < 1.29 is 24.2 Å². The van der Waals surface area contributed by atoms with Gasteiger partial charge >= 0.3 is 5.97 Å². The number of carbonyl (C=O) groups excluding carboxylic acids is 3. The maximum absolute atomic E-state index is 13.9. The van der Waals surface area contributed by atoms with E-state index < -0.39 is 44.9 Å². The minimum Gasteiger partial charge on any atom is -0.461 e. The van der Waals surface area contributed by atoms with E-state index in [0.717, 1.165) is 0 Å². The number of hydrogen-bond donors (Lipinski definition) is 1. The molecular formula is C22H30N2O5S. The first-order valence-electron chi connectivity index (χ1n) is 10.4. The SMILES string of the molecule is C[C@H](CO)N1C(=O)[C@@H]2[C@H]3C(=O)OCC=C[C@@]3(C)S[C@@]23C=CCN(C(C)(C)C)C(=O)C13. The predicted octanol–water partition coefficient (Wildman–Crippen LogP) is 1.36. The van der Waals surface area contributed by atoms with Crippen LogP contribution >= 0.6 is 11.8 Å². The number of rotatable bonds is 2. The number of cyclic esters (lactones) is 1. The third-order valence-corrected chi connectivity index (χ3v) is 8.60. The molecule has 2 amide bonds. The molecular weight excluding hydrogens is 404 g/mol. The smallest absolute Gasteiger partial charge is 0.311 e. The van der Waals surface area contributed by atoms with Crippen LogP contribution in [0.25, 0.3) is 0 Å². The molecule has 0 bridgehead atoms. The van der Waals surface area contributed by atoms with Crippen molar-refractivity contribution in [1.82, 2.24) is 9.80 Å². The van der Waals surface area contributed by atoms with Gasteiger partial charge in [-0.15, -0.1) is 11.8 Å². The molecule has 1 N–H and O–H groups in total. The molecule has 30 heavy (non-hydrogen) atoms. The number of hydrogen-bond acceptors (Lipinski definition) is 6. The largest absolute Gasteiger partial charge is 0.461 e. The molecule has 4 rings (SSSR count). The first-order valence-corrected chi connectivity index (χ1v) is 11.3. The number of carbonyl (C=O) groups is 3. The van der Waals surface area contributed by atoms with Crippen LogP contribution in [-0.4, -0.2) is 79.6 Å². The van der Waals surface area contributed by atoms with Crippen molar-refractivity contribution in [2.45, 2.75) is 61.7 Å². The van der Waals surface area contributed by atoms with Crippen LogP contribution in [0.2, 0.25) is 0 Å². The highest BCUT2D eigenvalue weighted by molar-refractivity contribution is 8.02. The molecule has 0 saturated carbocycles. The van der Waals surface area contributed by atoms with Gasteiger partial charge in [0.15, 0.2) is 0 Å². The van der Waals surface area contributed by atoms with Crippen molar-refractivity contribution in [1.29, 1.82) is 0 Å². The van der Waals surface area contributed by atoms with Crippen molar-refractivity contribution in [2.75, 3.05) is 19.8 Å². The number of amides is 2. The van der Waals surface area contributed by atoms with E-state index in [-0.39, 0.29) is 25.0 Å². The Morgan fingerprint density at radius 1 is 1.20 bits per heavy atom. The van der Waals surface area contributed by atoms with Gasteiger partial charge in [-0.2, -0.15) is 0 Å². The number of thioether (sulfide) groups is 1. The number of nitrogens with zero attached hydrogens (tertiary/aromatic N) is 2. The van der Waals surface area contributed by atoms with E-state index in [4.69, 9.17) is 4.74 Å². The predicted molar refractivity (Wildman–Crippen MR) is 114 cm³/mol. The zero-order valence-corrected chi connectivity index (χ0v) is 18.9. The molecule has 2 fully saturated rings. The van der Waals surface area contributed by atoms with Crippen molar-refractivity contribution >= 4 is 29.5 Å². The van der Waals surface area contributed by atoms with Crippen LogP contribution in [0.15, 0.2) is 24.3 Å². The van der Waals surface area contributed by atoms with Crippen LogP contribution in [0.3, 0.4) is 0 Å². The summed E-state index contributed by atoms with van der Waals surface area (Å²) < 4.78 is 3.85. The second kappa shape index (κ2) is 6.85. The summed E-state index contributed by atoms with van der Waals surface area (Å²) in [6.45, 7) is 9.97. The number of fused-ring (bicyclic) bond motifs is 2. The van der Waals surface area contributed by atoms with Gasteiger partial charge in [-0.05, 0) is 40.7 Å². The maximum atomic E-state index is 13.9. The van der Waals surface area contributed by atoms with Crippen molar-refractivity contribution in [3.63, 3.8) is 0 Å². The fraction of sp³-hybridized carbons (Fsp3) is 0.682. The fourth-order valence-corrected chi connectivity index (χ4v) is 7.60. The highest BCUT2D eigenvalue weighted by Gasteiger charge is 2.74. The quantitative estimate of drug-likeness (QED) is 0.522. The highest BCUT2D eigenvalue weighted by atomic mass is 32.2. The highest BCUT2D eigenvalue weighted by Crippen LogP contribution is 2.65. The van der Waals surface area contributed by atoms with E-state index in [1.165, 1.54) is 16.7 Å². The van der Waals surface area contributed by atoms with E-state index in [1.54, 1.807) is 11.8 Å². The van der Waals surface area contributed by atoms with Crippen LogP contribution in [0, 0.1) is 11.8 Å². The van der Waals surface area contributed by atoms with Gasteiger partial charge in [0.2, 0.25) is 11.8 Å². The Morgan fingerprint density at radius 3 is 2.53 bits per heavy atom. The van der Waals surface area contributed by atoms with E-state index in [0.29, 0.717) is 6.54 Å². The fourth-order valence-electron chi connectivity index (χ4n) is 5.46. The monoisotopic (exact) mass is 434 g/mol. The van der Waals surface area contributed by atoms with Crippen LogP contribution < -0.4 is 0 Å². The Kier molecular flexibility index (Phi) is 4.90. The summed E-state index contributed by atoms with van der Waals surface area (Å²) in [5, 5.41) is 9.88. The van der Waals surface area contributed by atoms with E-state index in [2.05, 4.69) is 0 Å². The topological polar surface area (TPSA) is 87.2 Å². The lowest BCUT2D eigenvalue weighted by Gasteiger charge is -2.42. The maximum Gasteiger partial charge on any atom is 0.311 e. The van der Waals surface area contributed by atoms with Gasteiger partial charge in [-0.3, -0.25) is 14.4 Å². The minimum atomic E-state index is -0.891. The number of ether oxygens (including phenoxy) is 1. The molecule has 0 aromatic heterocycles. The Morgan fingerprint density at radius 2 is 1.90 bits per heavy atom.